The normalized spacial score (nSPS) is 12.4. The zero-order valence-electron chi connectivity index (χ0n) is 15.4. The van der Waals surface area contributed by atoms with Crippen LogP contribution in [0.5, 0.6) is 0 Å². The quantitative estimate of drug-likeness (QED) is 0.479. The highest BCUT2D eigenvalue weighted by atomic mass is 15.0. The molecule has 1 aromatic heterocycles. The van der Waals surface area contributed by atoms with Gasteiger partial charge in [-0.2, -0.15) is 0 Å². The standard InChI is InChI=1S/C21H33N3/c1-3-5-7-11-15-19(22-16-12-6-4-2)21-23-17-20(24-21)18-13-9-8-10-14-18/h8-10,13-14,17,19,22H,3-7,11-12,15-16H2,1-2H3,(H,23,24)/t19-/m1/s1. The Balaban J connectivity index is 1.98. The second-order valence-electron chi connectivity index (χ2n) is 6.61. The number of nitrogens with zero attached hydrogens (tertiary/aromatic N) is 1. The van der Waals surface area contributed by atoms with Gasteiger partial charge in [-0.1, -0.05) is 82.7 Å². The van der Waals surface area contributed by atoms with Gasteiger partial charge in [0.1, 0.15) is 5.82 Å². The molecule has 0 aliphatic heterocycles. The highest BCUT2D eigenvalue weighted by Gasteiger charge is 2.14. The van der Waals surface area contributed by atoms with Gasteiger partial charge in [0, 0.05) is 0 Å². The van der Waals surface area contributed by atoms with Gasteiger partial charge in [-0.05, 0) is 24.9 Å². The number of benzene rings is 1. The van der Waals surface area contributed by atoms with Gasteiger partial charge < -0.3 is 10.3 Å². The first-order valence-corrected chi connectivity index (χ1v) is 9.68. The molecule has 132 valence electrons. The van der Waals surface area contributed by atoms with Crippen LogP contribution in [-0.4, -0.2) is 16.5 Å². The van der Waals surface area contributed by atoms with Gasteiger partial charge in [0.05, 0.1) is 17.9 Å². The van der Waals surface area contributed by atoms with Gasteiger partial charge in [0.2, 0.25) is 0 Å². The van der Waals surface area contributed by atoms with E-state index in [1.54, 1.807) is 0 Å². The van der Waals surface area contributed by atoms with E-state index in [1.165, 1.54) is 50.5 Å². The number of rotatable bonds is 12. The molecule has 24 heavy (non-hydrogen) atoms. The molecule has 1 aromatic carbocycles. The number of H-pyrrole nitrogens is 1. The molecule has 0 bridgehead atoms. The Bertz CT molecular complexity index is 535. The fraction of sp³-hybridized carbons (Fsp3) is 0.571. The first kappa shape index (κ1) is 18.7. The van der Waals surface area contributed by atoms with Gasteiger partial charge in [-0.15, -0.1) is 0 Å². The van der Waals surface area contributed by atoms with Gasteiger partial charge in [0.25, 0.3) is 0 Å². The second kappa shape index (κ2) is 11.0. The average molecular weight is 328 g/mol. The summed E-state index contributed by atoms with van der Waals surface area (Å²) in [5, 5.41) is 3.72. The highest BCUT2D eigenvalue weighted by Crippen LogP contribution is 2.22. The van der Waals surface area contributed by atoms with E-state index in [-0.39, 0.29) is 0 Å². The summed E-state index contributed by atoms with van der Waals surface area (Å²) in [6.07, 6.45) is 12.1. The Morgan fingerprint density at radius 3 is 2.46 bits per heavy atom. The lowest BCUT2D eigenvalue weighted by Crippen LogP contribution is -2.23. The number of aromatic amines is 1. The van der Waals surface area contributed by atoms with Crippen LogP contribution in [0.15, 0.2) is 36.5 Å². The minimum Gasteiger partial charge on any atom is -0.341 e. The zero-order valence-corrected chi connectivity index (χ0v) is 15.4. The van der Waals surface area contributed by atoms with Crippen molar-refractivity contribution < 1.29 is 0 Å². The smallest absolute Gasteiger partial charge is 0.123 e. The molecule has 0 spiro atoms. The van der Waals surface area contributed by atoms with E-state index in [4.69, 9.17) is 0 Å². The number of hydrogen-bond donors (Lipinski definition) is 2. The van der Waals surface area contributed by atoms with Crippen LogP contribution in [0, 0.1) is 0 Å². The fourth-order valence-electron chi connectivity index (χ4n) is 3.04. The number of nitrogens with one attached hydrogen (secondary N) is 2. The lowest BCUT2D eigenvalue weighted by molar-refractivity contribution is 0.446. The molecule has 0 saturated heterocycles. The van der Waals surface area contributed by atoms with Crippen LogP contribution in [0.25, 0.3) is 11.3 Å². The van der Waals surface area contributed by atoms with Crippen LogP contribution in [0.2, 0.25) is 0 Å². The molecular weight excluding hydrogens is 294 g/mol. The van der Waals surface area contributed by atoms with E-state index in [0.717, 1.165) is 24.5 Å². The third-order valence-corrected chi connectivity index (χ3v) is 4.53. The molecule has 2 aromatic rings. The maximum absolute atomic E-state index is 4.67. The minimum atomic E-state index is 0.344. The van der Waals surface area contributed by atoms with Gasteiger partial charge in [-0.25, -0.2) is 4.98 Å². The molecule has 0 radical (unpaired) electrons. The van der Waals surface area contributed by atoms with Crippen molar-refractivity contribution in [1.82, 2.24) is 15.3 Å². The molecule has 3 nitrogen and oxygen atoms in total. The van der Waals surface area contributed by atoms with Crippen molar-refractivity contribution in [2.75, 3.05) is 6.54 Å². The number of imidazole rings is 1. The van der Waals surface area contributed by atoms with E-state index in [2.05, 4.69) is 53.4 Å². The van der Waals surface area contributed by atoms with Crippen molar-refractivity contribution in [2.24, 2.45) is 0 Å². The van der Waals surface area contributed by atoms with Crippen molar-refractivity contribution in [1.29, 1.82) is 0 Å². The van der Waals surface area contributed by atoms with Gasteiger partial charge in [0.15, 0.2) is 0 Å². The second-order valence-corrected chi connectivity index (χ2v) is 6.61. The highest BCUT2D eigenvalue weighted by molar-refractivity contribution is 5.58. The lowest BCUT2D eigenvalue weighted by Gasteiger charge is -2.16. The summed E-state index contributed by atoms with van der Waals surface area (Å²) < 4.78 is 0. The Morgan fingerprint density at radius 1 is 0.958 bits per heavy atom. The van der Waals surface area contributed by atoms with Gasteiger partial charge in [-0.3, -0.25) is 0 Å². The Labute approximate surface area is 147 Å². The number of hydrogen-bond acceptors (Lipinski definition) is 2. The van der Waals surface area contributed by atoms with Crippen LogP contribution in [0.4, 0.5) is 0 Å². The lowest BCUT2D eigenvalue weighted by atomic mass is 10.1. The summed E-state index contributed by atoms with van der Waals surface area (Å²) in [7, 11) is 0. The predicted octanol–water partition coefficient (Wildman–Crippen LogP) is 5.87. The summed E-state index contributed by atoms with van der Waals surface area (Å²) >= 11 is 0. The van der Waals surface area contributed by atoms with E-state index in [0.29, 0.717) is 6.04 Å². The summed E-state index contributed by atoms with van der Waals surface area (Å²) in [5.74, 6) is 1.09. The Morgan fingerprint density at radius 2 is 1.71 bits per heavy atom. The maximum Gasteiger partial charge on any atom is 0.123 e. The third-order valence-electron chi connectivity index (χ3n) is 4.53. The van der Waals surface area contributed by atoms with Crippen LogP contribution in [-0.2, 0) is 0 Å². The van der Waals surface area contributed by atoms with Crippen LogP contribution in [0.3, 0.4) is 0 Å². The van der Waals surface area contributed by atoms with Crippen LogP contribution in [0.1, 0.15) is 77.1 Å². The topological polar surface area (TPSA) is 40.7 Å². The minimum absolute atomic E-state index is 0.344. The molecule has 1 heterocycles. The van der Waals surface area contributed by atoms with Crippen LogP contribution < -0.4 is 5.32 Å². The maximum atomic E-state index is 4.67. The first-order chi connectivity index (χ1) is 11.8. The predicted molar refractivity (Wildman–Crippen MR) is 103 cm³/mol. The molecule has 0 aliphatic rings. The Hall–Kier alpha value is -1.61. The molecule has 3 heteroatoms. The third kappa shape index (κ3) is 6.12. The van der Waals surface area contributed by atoms with E-state index >= 15 is 0 Å². The summed E-state index contributed by atoms with van der Waals surface area (Å²) in [6.45, 7) is 5.59. The molecule has 0 amide bonds. The van der Waals surface area contributed by atoms with E-state index < -0.39 is 0 Å². The van der Waals surface area contributed by atoms with Crippen molar-refractivity contribution >= 4 is 0 Å². The molecule has 0 aliphatic carbocycles. The van der Waals surface area contributed by atoms with Crippen molar-refractivity contribution in [3.05, 3.63) is 42.4 Å². The molecular formula is C21H33N3. The van der Waals surface area contributed by atoms with Crippen molar-refractivity contribution in [3.8, 4) is 11.3 Å². The molecule has 0 saturated carbocycles. The summed E-state index contributed by atoms with van der Waals surface area (Å²) in [4.78, 5) is 8.21. The van der Waals surface area contributed by atoms with Crippen LogP contribution >= 0.6 is 0 Å². The summed E-state index contributed by atoms with van der Waals surface area (Å²) in [6, 6.07) is 10.8. The number of unbranched alkanes of at least 4 members (excludes halogenated alkanes) is 5. The number of aromatic nitrogens is 2. The fourth-order valence-corrected chi connectivity index (χ4v) is 3.04. The summed E-state index contributed by atoms with van der Waals surface area (Å²) in [5.41, 5.74) is 2.31. The molecule has 0 fully saturated rings. The van der Waals surface area contributed by atoms with Crippen molar-refractivity contribution in [3.63, 3.8) is 0 Å². The van der Waals surface area contributed by atoms with Crippen molar-refractivity contribution in [2.45, 2.75) is 71.3 Å². The molecule has 2 N–H and O–H groups in total. The average Bonchev–Trinajstić information content (AvgIpc) is 3.11. The van der Waals surface area contributed by atoms with E-state index in [9.17, 15) is 0 Å². The zero-order chi connectivity index (χ0) is 17.0. The SMILES string of the molecule is CCCCCC[C@@H](NCCCCC)c1ncc(-c2ccccc2)[nH]1. The molecule has 0 unspecified atom stereocenters. The monoisotopic (exact) mass is 327 g/mol. The molecule has 2 rings (SSSR count). The Kier molecular flexibility index (Phi) is 8.61. The van der Waals surface area contributed by atoms with Gasteiger partial charge >= 0.3 is 0 Å². The largest absolute Gasteiger partial charge is 0.341 e. The van der Waals surface area contributed by atoms with E-state index in [1.807, 2.05) is 12.3 Å². The first-order valence-electron chi connectivity index (χ1n) is 9.68. The molecule has 1 atom stereocenters.